The summed E-state index contributed by atoms with van der Waals surface area (Å²) in [4.78, 5) is 1.19. The molecule has 0 saturated carbocycles. The molecule has 0 aliphatic rings. The number of fused-ring (bicyclic) bond motifs is 1. The molecule has 0 spiro atoms. The standard InChI is InChI=1S/C17H15BrOS/c1-17(2,19)14-10-12(18)7-8-13(14)16-9-11-5-3-4-6-15(11)20-16/h3-10,19H,1-2H3. The average molecular weight is 347 g/mol. The molecule has 102 valence electrons. The second-order valence-electron chi connectivity index (χ2n) is 5.40. The molecule has 0 fully saturated rings. The Labute approximate surface area is 131 Å². The van der Waals surface area contributed by atoms with E-state index in [0.29, 0.717) is 0 Å². The molecule has 1 nitrogen and oxygen atoms in total. The number of thiophene rings is 1. The highest BCUT2D eigenvalue weighted by Gasteiger charge is 2.22. The van der Waals surface area contributed by atoms with Crippen molar-refractivity contribution >= 4 is 37.4 Å². The topological polar surface area (TPSA) is 20.2 Å². The summed E-state index contributed by atoms with van der Waals surface area (Å²) >= 11 is 5.25. The summed E-state index contributed by atoms with van der Waals surface area (Å²) in [5.41, 5.74) is 1.18. The highest BCUT2D eigenvalue weighted by molar-refractivity contribution is 9.10. The molecule has 1 heterocycles. The average Bonchev–Trinajstić information content (AvgIpc) is 2.81. The van der Waals surface area contributed by atoms with E-state index in [2.05, 4.69) is 52.3 Å². The van der Waals surface area contributed by atoms with Gasteiger partial charge in [-0.15, -0.1) is 11.3 Å². The lowest BCUT2D eigenvalue weighted by Gasteiger charge is -2.21. The molecule has 1 N–H and O–H groups in total. The molecule has 2 aromatic carbocycles. The van der Waals surface area contributed by atoms with Gasteiger partial charge in [0, 0.05) is 14.0 Å². The number of benzene rings is 2. The van der Waals surface area contributed by atoms with Gasteiger partial charge in [0.2, 0.25) is 0 Å². The van der Waals surface area contributed by atoms with Gasteiger partial charge in [0.05, 0.1) is 5.60 Å². The van der Waals surface area contributed by atoms with Crippen LogP contribution in [0, 0.1) is 0 Å². The predicted octanol–water partition coefficient (Wildman–Crippen LogP) is 5.56. The van der Waals surface area contributed by atoms with Crippen LogP contribution in [0.4, 0.5) is 0 Å². The van der Waals surface area contributed by atoms with Crippen molar-refractivity contribution in [3.8, 4) is 10.4 Å². The molecule has 0 aliphatic heterocycles. The predicted molar refractivity (Wildman–Crippen MR) is 90.2 cm³/mol. The smallest absolute Gasteiger partial charge is 0.0847 e. The van der Waals surface area contributed by atoms with Crippen molar-refractivity contribution in [1.29, 1.82) is 0 Å². The van der Waals surface area contributed by atoms with Gasteiger partial charge in [-0.2, -0.15) is 0 Å². The number of halogens is 1. The van der Waals surface area contributed by atoms with E-state index in [1.807, 2.05) is 26.0 Å². The maximum atomic E-state index is 10.4. The Morgan fingerprint density at radius 1 is 1.05 bits per heavy atom. The number of rotatable bonds is 2. The SMILES string of the molecule is CC(C)(O)c1cc(Br)ccc1-c1cc2ccccc2s1. The van der Waals surface area contributed by atoms with Crippen molar-refractivity contribution < 1.29 is 5.11 Å². The molecule has 3 heteroatoms. The minimum absolute atomic E-state index is 0.866. The van der Waals surface area contributed by atoms with Crippen LogP contribution < -0.4 is 0 Å². The molecule has 0 aliphatic carbocycles. The lowest BCUT2D eigenvalue weighted by atomic mass is 9.92. The highest BCUT2D eigenvalue weighted by atomic mass is 79.9. The molecule has 0 radical (unpaired) electrons. The van der Waals surface area contributed by atoms with Crippen LogP contribution in [0.3, 0.4) is 0 Å². The van der Waals surface area contributed by atoms with E-state index >= 15 is 0 Å². The molecular formula is C17H15BrOS. The van der Waals surface area contributed by atoms with Crippen LogP contribution in [-0.4, -0.2) is 5.11 Å². The number of hydrogen-bond acceptors (Lipinski definition) is 2. The molecule has 0 amide bonds. The van der Waals surface area contributed by atoms with Gasteiger partial charge in [0.1, 0.15) is 0 Å². The normalized spacial score (nSPS) is 12.0. The second kappa shape index (κ2) is 4.99. The van der Waals surface area contributed by atoms with Crippen molar-refractivity contribution in [2.75, 3.05) is 0 Å². The van der Waals surface area contributed by atoms with Crippen molar-refractivity contribution in [3.63, 3.8) is 0 Å². The first-order chi connectivity index (χ1) is 9.45. The van der Waals surface area contributed by atoms with Crippen LogP contribution >= 0.6 is 27.3 Å². The van der Waals surface area contributed by atoms with Gasteiger partial charge < -0.3 is 5.11 Å². The molecule has 0 unspecified atom stereocenters. The lowest BCUT2D eigenvalue weighted by Crippen LogP contribution is -2.16. The molecule has 1 aromatic heterocycles. The zero-order valence-electron chi connectivity index (χ0n) is 11.4. The Bertz CT molecular complexity index is 735. The molecule has 0 bridgehead atoms. The Morgan fingerprint density at radius 2 is 1.80 bits per heavy atom. The summed E-state index contributed by atoms with van der Waals surface area (Å²) in [6, 6.07) is 16.7. The summed E-state index contributed by atoms with van der Waals surface area (Å²) in [5, 5.41) is 11.7. The number of aliphatic hydroxyl groups is 1. The Morgan fingerprint density at radius 3 is 2.50 bits per heavy atom. The third-order valence-electron chi connectivity index (χ3n) is 3.33. The molecule has 3 aromatic rings. The van der Waals surface area contributed by atoms with Gasteiger partial charge in [-0.25, -0.2) is 0 Å². The zero-order chi connectivity index (χ0) is 14.3. The van der Waals surface area contributed by atoms with E-state index in [0.717, 1.165) is 15.6 Å². The monoisotopic (exact) mass is 346 g/mol. The summed E-state index contributed by atoms with van der Waals surface area (Å²) in [7, 11) is 0. The van der Waals surface area contributed by atoms with Crippen molar-refractivity contribution in [2.24, 2.45) is 0 Å². The van der Waals surface area contributed by atoms with Crippen molar-refractivity contribution in [3.05, 3.63) is 58.6 Å². The molecule has 0 saturated heterocycles. The first kappa shape index (κ1) is 13.8. The maximum absolute atomic E-state index is 10.4. The van der Waals surface area contributed by atoms with Crippen molar-refractivity contribution in [1.82, 2.24) is 0 Å². The molecule has 20 heavy (non-hydrogen) atoms. The van der Waals surface area contributed by atoms with Gasteiger partial charge in [-0.3, -0.25) is 0 Å². The van der Waals surface area contributed by atoms with Gasteiger partial charge in [-0.05, 0) is 54.6 Å². The van der Waals surface area contributed by atoms with Crippen LogP contribution in [0.25, 0.3) is 20.5 Å². The van der Waals surface area contributed by atoms with Gasteiger partial charge in [0.25, 0.3) is 0 Å². The van der Waals surface area contributed by atoms with Gasteiger partial charge in [-0.1, -0.05) is 40.2 Å². The Kier molecular flexibility index (Phi) is 3.44. The summed E-state index contributed by atoms with van der Waals surface area (Å²) in [5.74, 6) is 0. The largest absolute Gasteiger partial charge is 0.386 e. The van der Waals surface area contributed by atoms with E-state index in [1.165, 1.54) is 15.0 Å². The van der Waals surface area contributed by atoms with Gasteiger partial charge in [0.15, 0.2) is 0 Å². The minimum Gasteiger partial charge on any atom is -0.386 e. The van der Waals surface area contributed by atoms with Gasteiger partial charge >= 0.3 is 0 Å². The summed E-state index contributed by atoms with van der Waals surface area (Å²) < 4.78 is 2.26. The second-order valence-corrected chi connectivity index (χ2v) is 7.40. The summed E-state index contributed by atoms with van der Waals surface area (Å²) in [6.45, 7) is 3.65. The molecule has 0 atom stereocenters. The van der Waals surface area contributed by atoms with E-state index in [4.69, 9.17) is 0 Å². The van der Waals surface area contributed by atoms with E-state index in [-0.39, 0.29) is 0 Å². The first-order valence-corrected chi connectivity index (χ1v) is 8.07. The van der Waals surface area contributed by atoms with Crippen LogP contribution in [0.15, 0.2) is 53.0 Å². The lowest BCUT2D eigenvalue weighted by molar-refractivity contribution is 0.0791. The van der Waals surface area contributed by atoms with Crippen molar-refractivity contribution in [2.45, 2.75) is 19.4 Å². The Hall–Kier alpha value is -1.16. The fourth-order valence-electron chi connectivity index (χ4n) is 2.35. The Balaban J connectivity index is 2.23. The molecular weight excluding hydrogens is 332 g/mol. The maximum Gasteiger partial charge on any atom is 0.0847 e. The first-order valence-electron chi connectivity index (χ1n) is 6.46. The molecule has 3 rings (SSSR count). The fourth-order valence-corrected chi connectivity index (χ4v) is 3.82. The van der Waals surface area contributed by atoms with Crippen LogP contribution in [0.2, 0.25) is 0 Å². The fraction of sp³-hybridized carbons (Fsp3) is 0.176. The third-order valence-corrected chi connectivity index (χ3v) is 4.97. The van der Waals surface area contributed by atoms with E-state index < -0.39 is 5.60 Å². The third kappa shape index (κ3) is 2.53. The number of hydrogen-bond donors (Lipinski definition) is 1. The van der Waals surface area contributed by atoms with Crippen LogP contribution in [0.1, 0.15) is 19.4 Å². The van der Waals surface area contributed by atoms with E-state index in [1.54, 1.807) is 11.3 Å². The summed E-state index contributed by atoms with van der Waals surface area (Å²) in [6.07, 6.45) is 0. The zero-order valence-corrected chi connectivity index (χ0v) is 13.8. The van der Waals surface area contributed by atoms with E-state index in [9.17, 15) is 5.11 Å². The van der Waals surface area contributed by atoms with Crippen LogP contribution in [0.5, 0.6) is 0 Å². The highest BCUT2D eigenvalue weighted by Crippen LogP contribution is 2.39. The quantitative estimate of drug-likeness (QED) is 0.644. The van der Waals surface area contributed by atoms with Crippen LogP contribution in [-0.2, 0) is 5.60 Å². The minimum atomic E-state index is -0.866.